The Bertz CT molecular complexity index is 644. The van der Waals surface area contributed by atoms with Gasteiger partial charge in [0.1, 0.15) is 12.3 Å². The lowest BCUT2D eigenvalue weighted by Gasteiger charge is -2.11. The number of methoxy groups -OCH3 is 1. The summed E-state index contributed by atoms with van der Waals surface area (Å²) < 4.78 is 5.31. The van der Waals surface area contributed by atoms with Crippen molar-refractivity contribution in [1.82, 2.24) is 9.97 Å². The molecule has 5 nitrogen and oxygen atoms in total. The molecular weight excluding hydrogens is 252 g/mol. The van der Waals surface area contributed by atoms with Crippen LogP contribution in [0.1, 0.15) is 11.1 Å². The molecule has 5 heteroatoms. The quantitative estimate of drug-likeness (QED) is 0.863. The van der Waals surface area contributed by atoms with Gasteiger partial charge in [-0.05, 0) is 42.7 Å². The number of hydrogen-bond donors (Lipinski definition) is 1. The van der Waals surface area contributed by atoms with Gasteiger partial charge in [0.05, 0.1) is 13.2 Å². The van der Waals surface area contributed by atoms with Crippen LogP contribution in [0.4, 0.5) is 5.95 Å². The Morgan fingerprint density at radius 2 is 1.90 bits per heavy atom. The average Bonchev–Trinajstić information content (AvgIpc) is 2.47. The van der Waals surface area contributed by atoms with Gasteiger partial charge in [0.2, 0.25) is 5.95 Å². The molecule has 0 saturated heterocycles. The van der Waals surface area contributed by atoms with Crippen molar-refractivity contribution in [2.24, 2.45) is 0 Å². The summed E-state index contributed by atoms with van der Waals surface area (Å²) in [6.07, 6.45) is 3.50. The van der Waals surface area contributed by atoms with Crippen LogP contribution in [0.15, 0.2) is 24.5 Å². The lowest BCUT2D eigenvalue weighted by Crippen LogP contribution is -2.03. The summed E-state index contributed by atoms with van der Waals surface area (Å²) in [5, 5.41) is 11.3. The molecular formula is C15H16N4O. The number of rotatable bonds is 4. The SMILES string of the molecule is COc1cc(C)c(-c2cnc(NCC#N)nc2)cc1C. The van der Waals surface area contributed by atoms with E-state index in [4.69, 9.17) is 10.00 Å². The molecule has 0 aliphatic carbocycles. The molecule has 0 aliphatic rings. The highest BCUT2D eigenvalue weighted by Gasteiger charge is 2.08. The van der Waals surface area contributed by atoms with E-state index in [1.54, 1.807) is 19.5 Å². The fourth-order valence-electron chi connectivity index (χ4n) is 2.00. The van der Waals surface area contributed by atoms with Crippen LogP contribution in [-0.4, -0.2) is 23.6 Å². The number of nitrogens with zero attached hydrogens (tertiary/aromatic N) is 3. The molecule has 1 N–H and O–H groups in total. The molecule has 0 aliphatic heterocycles. The van der Waals surface area contributed by atoms with E-state index >= 15 is 0 Å². The Balaban J connectivity index is 2.32. The molecule has 1 aromatic heterocycles. The van der Waals surface area contributed by atoms with Gasteiger partial charge in [-0.15, -0.1) is 0 Å². The van der Waals surface area contributed by atoms with Gasteiger partial charge >= 0.3 is 0 Å². The van der Waals surface area contributed by atoms with Crippen molar-refractivity contribution in [3.8, 4) is 22.9 Å². The maximum atomic E-state index is 8.50. The van der Waals surface area contributed by atoms with Gasteiger partial charge in [-0.25, -0.2) is 9.97 Å². The predicted molar refractivity (Wildman–Crippen MR) is 77.6 cm³/mol. The number of hydrogen-bond acceptors (Lipinski definition) is 5. The molecule has 20 heavy (non-hydrogen) atoms. The fourth-order valence-corrected chi connectivity index (χ4v) is 2.00. The minimum atomic E-state index is 0.194. The van der Waals surface area contributed by atoms with Crippen LogP contribution in [-0.2, 0) is 0 Å². The lowest BCUT2D eigenvalue weighted by atomic mass is 10.00. The van der Waals surface area contributed by atoms with E-state index in [1.165, 1.54) is 0 Å². The average molecular weight is 268 g/mol. The van der Waals surface area contributed by atoms with E-state index in [0.29, 0.717) is 5.95 Å². The summed E-state index contributed by atoms with van der Waals surface area (Å²) in [6.45, 7) is 4.23. The highest BCUT2D eigenvalue weighted by molar-refractivity contribution is 5.68. The second-order valence-corrected chi connectivity index (χ2v) is 4.44. The number of aryl methyl sites for hydroxylation is 2. The van der Waals surface area contributed by atoms with Crippen molar-refractivity contribution >= 4 is 5.95 Å². The zero-order valence-electron chi connectivity index (χ0n) is 11.8. The minimum Gasteiger partial charge on any atom is -0.496 e. The van der Waals surface area contributed by atoms with Gasteiger partial charge < -0.3 is 10.1 Å². The molecule has 0 amide bonds. The highest BCUT2D eigenvalue weighted by atomic mass is 16.5. The Morgan fingerprint density at radius 3 is 2.50 bits per heavy atom. The topological polar surface area (TPSA) is 70.8 Å². The zero-order valence-corrected chi connectivity index (χ0v) is 11.8. The standard InChI is InChI=1S/C15H16N4O/c1-10-7-14(20-3)11(2)6-13(10)12-8-18-15(19-9-12)17-5-4-16/h6-9H,5H2,1-3H3,(H,17,18,19). The van der Waals surface area contributed by atoms with E-state index in [1.807, 2.05) is 26.0 Å². The highest BCUT2D eigenvalue weighted by Crippen LogP contribution is 2.29. The first kappa shape index (κ1) is 13.8. The van der Waals surface area contributed by atoms with Crippen LogP contribution in [0, 0.1) is 25.2 Å². The first-order chi connectivity index (χ1) is 9.65. The number of nitrogens with one attached hydrogen (secondary N) is 1. The number of nitriles is 1. The first-order valence-corrected chi connectivity index (χ1v) is 6.24. The number of anilines is 1. The third-order valence-corrected chi connectivity index (χ3v) is 3.03. The largest absolute Gasteiger partial charge is 0.496 e. The molecule has 0 unspecified atom stereocenters. The molecule has 0 radical (unpaired) electrons. The zero-order chi connectivity index (χ0) is 14.5. The predicted octanol–water partition coefficient (Wildman–Crippen LogP) is 2.70. The molecule has 2 aromatic rings. The minimum absolute atomic E-state index is 0.194. The summed E-state index contributed by atoms with van der Waals surface area (Å²) in [5.41, 5.74) is 4.19. The van der Waals surface area contributed by atoms with Crippen molar-refractivity contribution in [3.05, 3.63) is 35.7 Å². The molecule has 0 fully saturated rings. The van der Waals surface area contributed by atoms with Crippen LogP contribution in [0.5, 0.6) is 5.75 Å². The molecule has 0 atom stereocenters. The maximum absolute atomic E-state index is 8.50. The van der Waals surface area contributed by atoms with Gasteiger partial charge in [0.25, 0.3) is 0 Å². The van der Waals surface area contributed by atoms with Crippen LogP contribution in [0.25, 0.3) is 11.1 Å². The summed E-state index contributed by atoms with van der Waals surface area (Å²) in [5.74, 6) is 1.33. The van der Waals surface area contributed by atoms with Gasteiger partial charge in [-0.3, -0.25) is 0 Å². The molecule has 102 valence electrons. The summed E-state index contributed by atoms with van der Waals surface area (Å²) in [7, 11) is 1.67. The van der Waals surface area contributed by atoms with E-state index < -0.39 is 0 Å². The summed E-state index contributed by atoms with van der Waals surface area (Å²) in [4.78, 5) is 8.40. The van der Waals surface area contributed by atoms with Crippen LogP contribution in [0.3, 0.4) is 0 Å². The van der Waals surface area contributed by atoms with Gasteiger partial charge in [-0.2, -0.15) is 5.26 Å². The Morgan fingerprint density at radius 1 is 1.20 bits per heavy atom. The Kier molecular flexibility index (Phi) is 4.16. The maximum Gasteiger partial charge on any atom is 0.223 e. The number of ether oxygens (including phenoxy) is 1. The molecule has 1 heterocycles. The number of benzene rings is 1. The lowest BCUT2D eigenvalue weighted by molar-refractivity contribution is 0.411. The van der Waals surface area contributed by atoms with Gasteiger partial charge in [-0.1, -0.05) is 0 Å². The normalized spacial score (nSPS) is 9.90. The van der Waals surface area contributed by atoms with Gasteiger partial charge in [0.15, 0.2) is 0 Å². The Labute approximate surface area is 118 Å². The van der Waals surface area contributed by atoms with E-state index in [-0.39, 0.29) is 6.54 Å². The van der Waals surface area contributed by atoms with Gasteiger partial charge in [0, 0.05) is 18.0 Å². The second-order valence-electron chi connectivity index (χ2n) is 4.44. The van der Waals surface area contributed by atoms with Crippen molar-refractivity contribution < 1.29 is 4.74 Å². The van der Waals surface area contributed by atoms with Crippen molar-refractivity contribution in [1.29, 1.82) is 5.26 Å². The van der Waals surface area contributed by atoms with Crippen molar-refractivity contribution in [2.45, 2.75) is 13.8 Å². The van der Waals surface area contributed by atoms with E-state index in [2.05, 4.69) is 21.4 Å². The van der Waals surface area contributed by atoms with Crippen molar-refractivity contribution in [3.63, 3.8) is 0 Å². The molecule has 0 bridgehead atoms. The van der Waals surface area contributed by atoms with E-state index in [0.717, 1.165) is 28.0 Å². The van der Waals surface area contributed by atoms with Crippen LogP contribution < -0.4 is 10.1 Å². The fraction of sp³-hybridized carbons (Fsp3) is 0.267. The second kappa shape index (κ2) is 6.02. The van der Waals surface area contributed by atoms with Crippen LogP contribution in [0.2, 0.25) is 0 Å². The first-order valence-electron chi connectivity index (χ1n) is 6.24. The summed E-state index contributed by atoms with van der Waals surface area (Å²) >= 11 is 0. The van der Waals surface area contributed by atoms with E-state index in [9.17, 15) is 0 Å². The Hall–Kier alpha value is -2.61. The molecule has 0 spiro atoms. The molecule has 0 saturated carbocycles. The van der Waals surface area contributed by atoms with Crippen LogP contribution >= 0.6 is 0 Å². The molecule has 1 aromatic carbocycles. The third-order valence-electron chi connectivity index (χ3n) is 3.03. The smallest absolute Gasteiger partial charge is 0.223 e. The number of aromatic nitrogens is 2. The third kappa shape index (κ3) is 2.86. The van der Waals surface area contributed by atoms with Crippen molar-refractivity contribution in [2.75, 3.05) is 19.0 Å². The monoisotopic (exact) mass is 268 g/mol. The molecule has 2 rings (SSSR count). The summed E-state index contributed by atoms with van der Waals surface area (Å²) in [6, 6.07) is 6.06.